The van der Waals surface area contributed by atoms with Crippen LogP contribution in [0.25, 0.3) is 6.08 Å². The van der Waals surface area contributed by atoms with E-state index in [2.05, 4.69) is 72.8 Å². The average molecular weight is 519 g/mol. The minimum Gasteiger partial charge on any atom is -0.496 e. The first-order valence-corrected chi connectivity index (χ1v) is 14.7. The Labute approximate surface area is 222 Å². The molecule has 0 saturated carbocycles. The van der Waals surface area contributed by atoms with Crippen LogP contribution in [0.3, 0.4) is 0 Å². The number of rotatable bonds is 8. The summed E-state index contributed by atoms with van der Waals surface area (Å²) in [6.45, 7) is -2.65. The van der Waals surface area contributed by atoms with Crippen molar-refractivity contribution in [2.45, 2.75) is 0 Å². The molecule has 5 aromatic rings. The van der Waals surface area contributed by atoms with Crippen molar-refractivity contribution in [2.24, 2.45) is 0 Å². The standard InChI is InChI=1S/C33H27O2PS/c1-35-32-22-12-11-21-30(32)33(31(34)24-23-29-20-13-25-37-29)36(26-14-5-2-6-15-26,27-16-7-3-8-17-27)28-18-9-4-10-19-28/h2-25H,1H3/b24-23+. The molecule has 0 aliphatic rings. The van der Waals surface area contributed by atoms with Gasteiger partial charge >= 0.3 is 0 Å². The van der Waals surface area contributed by atoms with Gasteiger partial charge < -0.3 is 4.74 Å². The van der Waals surface area contributed by atoms with Crippen LogP contribution in [-0.4, -0.2) is 18.2 Å². The molecule has 0 aliphatic heterocycles. The second-order valence-electron chi connectivity index (χ2n) is 8.44. The fourth-order valence-electron chi connectivity index (χ4n) is 4.73. The number of carbonyl (C=O) groups excluding carboxylic acids is 1. The Morgan fingerprint density at radius 2 is 1.19 bits per heavy atom. The van der Waals surface area contributed by atoms with E-state index in [1.54, 1.807) is 24.5 Å². The smallest absolute Gasteiger partial charge is 0.187 e. The lowest BCUT2D eigenvalue weighted by molar-refractivity contribution is -0.108. The van der Waals surface area contributed by atoms with E-state index in [4.69, 9.17) is 4.74 Å². The maximum Gasteiger partial charge on any atom is 0.187 e. The number of para-hydroxylation sites is 1. The molecule has 0 spiro atoms. The van der Waals surface area contributed by atoms with Crippen molar-refractivity contribution in [2.75, 3.05) is 7.11 Å². The summed E-state index contributed by atoms with van der Waals surface area (Å²) in [7, 11) is 1.66. The summed E-state index contributed by atoms with van der Waals surface area (Å²) in [5.74, 6) is 0.658. The summed E-state index contributed by atoms with van der Waals surface area (Å²) in [4.78, 5) is 15.6. The minimum atomic E-state index is -2.65. The SMILES string of the molecule is COc1ccccc1C(C(=O)/C=C/c1cccs1)=P(c1ccccc1)(c1ccccc1)c1ccccc1. The molecule has 0 radical (unpaired) electrons. The summed E-state index contributed by atoms with van der Waals surface area (Å²) >= 11 is 1.61. The number of methoxy groups -OCH3 is 1. The summed E-state index contributed by atoms with van der Waals surface area (Å²) in [5, 5.41) is 6.12. The Morgan fingerprint density at radius 1 is 0.676 bits per heavy atom. The van der Waals surface area contributed by atoms with Gasteiger partial charge in [0.05, 0.1) is 7.11 Å². The Kier molecular flexibility index (Phi) is 7.65. The highest BCUT2D eigenvalue weighted by Gasteiger charge is 2.34. The molecule has 37 heavy (non-hydrogen) atoms. The first-order valence-electron chi connectivity index (χ1n) is 12.1. The van der Waals surface area contributed by atoms with Crippen LogP contribution < -0.4 is 20.7 Å². The van der Waals surface area contributed by atoms with Gasteiger partial charge in [0.25, 0.3) is 0 Å². The third-order valence-corrected chi connectivity index (χ3v) is 11.5. The second-order valence-corrected chi connectivity index (χ2v) is 12.8. The third kappa shape index (κ3) is 4.89. The van der Waals surface area contributed by atoms with E-state index in [0.29, 0.717) is 5.75 Å². The molecule has 2 nitrogen and oxygen atoms in total. The monoisotopic (exact) mass is 518 g/mol. The van der Waals surface area contributed by atoms with Gasteiger partial charge in [0.1, 0.15) is 5.75 Å². The van der Waals surface area contributed by atoms with Crippen molar-refractivity contribution >= 4 is 51.3 Å². The lowest BCUT2D eigenvalue weighted by Crippen LogP contribution is -2.33. The first kappa shape index (κ1) is 24.8. The Bertz CT molecular complexity index is 1450. The summed E-state index contributed by atoms with van der Waals surface area (Å²) in [6.07, 6.45) is 3.63. The number of ether oxygens (including phenoxy) is 1. The maximum atomic E-state index is 14.5. The molecule has 1 heterocycles. The van der Waals surface area contributed by atoms with Gasteiger partial charge in [-0.25, -0.2) is 0 Å². The number of hydrogen-bond acceptors (Lipinski definition) is 3. The first-order chi connectivity index (χ1) is 18.2. The Hall–Kier alpha value is -3.91. The Balaban J connectivity index is 2.00. The van der Waals surface area contributed by atoms with E-state index in [-0.39, 0.29) is 5.78 Å². The van der Waals surface area contributed by atoms with Gasteiger partial charge in [-0.15, -0.1) is 11.3 Å². The average Bonchev–Trinajstić information content (AvgIpc) is 3.50. The molecule has 4 aromatic carbocycles. The number of allylic oxidation sites excluding steroid dienone is 1. The molecule has 0 saturated heterocycles. The van der Waals surface area contributed by atoms with E-state index in [9.17, 15) is 4.79 Å². The van der Waals surface area contributed by atoms with Gasteiger partial charge in [-0.05, 0) is 52.5 Å². The molecule has 0 amide bonds. The van der Waals surface area contributed by atoms with E-state index < -0.39 is 6.89 Å². The zero-order chi connectivity index (χ0) is 25.5. The zero-order valence-electron chi connectivity index (χ0n) is 20.5. The second kappa shape index (κ2) is 11.4. The number of benzene rings is 4. The molecule has 182 valence electrons. The molecule has 1 aromatic heterocycles. The summed E-state index contributed by atoms with van der Waals surface area (Å²) < 4.78 is 5.85. The molecule has 0 aliphatic carbocycles. The van der Waals surface area contributed by atoms with Crippen molar-refractivity contribution < 1.29 is 9.53 Å². The van der Waals surface area contributed by atoms with Crippen LogP contribution >= 0.6 is 18.2 Å². The van der Waals surface area contributed by atoms with Gasteiger partial charge in [-0.2, -0.15) is 0 Å². The summed E-state index contributed by atoms with van der Waals surface area (Å²) in [6, 6.07) is 43.2. The topological polar surface area (TPSA) is 26.3 Å². The third-order valence-electron chi connectivity index (χ3n) is 6.30. The van der Waals surface area contributed by atoms with Crippen LogP contribution in [0.15, 0.2) is 139 Å². The van der Waals surface area contributed by atoms with E-state index in [1.807, 2.05) is 66.1 Å². The van der Waals surface area contributed by atoms with Gasteiger partial charge in [0, 0.05) is 15.7 Å². The van der Waals surface area contributed by atoms with Crippen molar-refractivity contribution in [3.8, 4) is 5.75 Å². The maximum absolute atomic E-state index is 14.5. The molecule has 0 fully saturated rings. The van der Waals surface area contributed by atoms with Crippen molar-refractivity contribution in [3.63, 3.8) is 0 Å². The molecular formula is C33H27O2PS. The molecule has 0 N–H and O–H groups in total. The molecule has 0 atom stereocenters. The van der Waals surface area contributed by atoms with Gasteiger partial charge in [0.15, 0.2) is 5.78 Å². The van der Waals surface area contributed by atoms with E-state index in [1.165, 1.54) is 0 Å². The van der Waals surface area contributed by atoms with Crippen LogP contribution in [0.5, 0.6) is 5.75 Å². The normalized spacial score (nSPS) is 11.4. The molecule has 4 heteroatoms. The van der Waals surface area contributed by atoms with Crippen LogP contribution in [0.1, 0.15) is 10.4 Å². The molecule has 0 unspecified atom stereocenters. The van der Waals surface area contributed by atoms with Crippen molar-refractivity contribution in [1.82, 2.24) is 0 Å². The van der Waals surface area contributed by atoms with E-state index in [0.717, 1.165) is 31.6 Å². The highest BCUT2D eigenvalue weighted by atomic mass is 32.1. The molecular weight excluding hydrogens is 491 g/mol. The highest BCUT2D eigenvalue weighted by molar-refractivity contribution is 7.97. The van der Waals surface area contributed by atoms with Gasteiger partial charge in [0.2, 0.25) is 0 Å². The fourth-order valence-corrected chi connectivity index (χ4v) is 9.83. The molecule has 0 bridgehead atoms. The van der Waals surface area contributed by atoms with Gasteiger partial charge in [-0.1, -0.05) is 115 Å². The summed E-state index contributed by atoms with van der Waals surface area (Å²) in [5.41, 5.74) is 0.815. The molecule has 5 rings (SSSR count). The zero-order valence-corrected chi connectivity index (χ0v) is 22.2. The largest absolute Gasteiger partial charge is 0.496 e. The lowest BCUT2D eigenvalue weighted by Gasteiger charge is -2.32. The van der Waals surface area contributed by atoms with Crippen LogP contribution in [-0.2, 0) is 4.79 Å². The van der Waals surface area contributed by atoms with Crippen LogP contribution in [0.4, 0.5) is 0 Å². The predicted molar refractivity (Wildman–Crippen MR) is 161 cm³/mol. The number of hydrogen-bond donors (Lipinski definition) is 0. The van der Waals surface area contributed by atoms with Crippen LogP contribution in [0.2, 0.25) is 0 Å². The van der Waals surface area contributed by atoms with Crippen LogP contribution in [0, 0.1) is 0 Å². The van der Waals surface area contributed by atoms with E-state index >= 15 is 0 Å². The quantitative estimate of drug-likeness (QED) is 0.172. The lowest BCUT2D eigenvalue weighted by atomic mass is 10.1. The minimum absolute atomic E-state index is 0.0252. The number of ketones is 1. The van der Waals surface area contributed by atoms with Crippen molar-refractivity contribution in [1.29, 1.82) is 0 Å². The number of carbonyl (C=O) groups is 1. The Morgan fingerprint density at radius 3 is 1.68 bits per heavy atom. The fraction of sp³-hybridized carbons (Fsp3) is 0.0303. The highest BCUT2D eigenvalue weighted by Crippen LogP contribution is 2.49. The van der Waals surface area contributed by atoms with Crippen molar-refractivity contribution in [3.05, 3.63) is 149 Å². The number of thiophene rings is 1. The predicted octanol–water partition coefficient (Wildman–Crippen LogP) is 6.55. The van der Waals surface area contributed by atoms with Gasteiger partial charge in [-0.3, -0.25) is 4.79 Å².